The fourth-order valence-corrected chi connectivity index (χ4v) is 7.94. The molecule has 0 radical (unpaired) electrons. The highest BCUT2D eigenvalue weighted by molar-refractivity contribution is 6.32. The maximum absolute atomic E-state index is 12.1. The lowest BCUT2D eigenvalue weighted by Crippen LogP contribution is -2.53. The van der Waals surface area contributed by atoms with E-state index >= 15 is 0 Å². The Morgan fingerprint density at radius 3 is 2.66 bits per heavy atom. The third-order valence-corrected chi connectivity index (χ3v) is 11.1. The zero-order valence-electron chi connectivity index (χ0n) is 29.9. The van der Waals surface area contributed by atoms with E-state index in [0.717, 1.165) is 49.1 Å². The number of benzene rings is 2. The number of ether oxygens (including phenoxy) is 3. The fourth-order valence-electron chi connectivity index (χ4n) is 7.35. The highest BCUT2D eigenvalue weighted by Crippen LogP contribution is 2.48. The number of pyridine rings is 1. The second-order valence-electron chi connectivity index (χ2n) is 14.1. The number of alkyl halides is 1. The van der Waals surface area contributed by atoms with Crippen LogP contribution in [0.3, 0.4) is 0 Å². The number of rotatable bonds is 15. The number of carboxylic acids is 1. The lowest BCUT2D eigenvalue weighted by molar-refractivity contribution is -0.222. The van der Waals surface area contributed by atoms with E-state index in [0.29, 0.717) is 66.5 Å². The van der Waals surface area contributed by atoms with Crippen molar-refractivity contribution in [1.82, 2.24) is 14.8 Å². The summed E-state index contributed by atoms with van der Waals surface area (Å²) in [7, 11) is 0. The second kappa shape index (κ2) is 17.6. The van der Waals surface area contributed by atoms with Gasteiger partial charge in [0.25, 0.3) is 0 Å². The molecule has 0 amide bonds. The third-order valence-electron chi connectivity index (χ3n) is 10.3. The molecule has 6 rings (SSSR count). The van der Waals surface area contributed by atoms with Crippen LogP contribution in [0.2, 0.25) is 5.02 Å². The van der Waals surface area contributed by atoms with Crippen molar-refractivity contribution >= 4 is 34.7 Å². The van der Waals surface area contributed by atoms with Crippen molar-refractivity contribution in [3.05, 3.63) is 112 Å². The molecule has 3 aliphatic rings. The molecule has 53 heavy (non-hydrogen) atoms. The van der Waals surface area contributed by atoms with Gasteiger partial charge in [-0.15, -0.1) is 11.6 Å². The molecule has 1 aromatic heterocycles. The number of aliphatic carboxylic acids is 1. The number of aliphatic hydroxyl groups is 1. The van der Waals surface area contributed by atoms with Gasteiger partial charge >= 0.3 is 5.97 Å². The first-order chi connectivity index (χ1) is 25.6. The van der Waals surface area contributed by atoms with Crippen LogP contribution in [-0.4, -0.2) is 86.6 Å². The first-order valence-corrected chi connectivity index (χ1v) is 18.9. The number of nitrogens with zero attached hydrogens (tertiary/aromatic N) is 4. The molecule has 4 atom stereocenters. The van der Waals surface area contributed by atoms with Crippen LogP contribution in [0.15, 0.2) is 79.2 Å². The number of β-amino-alcohol motifs (C(OH)–C–C–N with tert-alkyl or cyclic N) is 1. The average Bonchev–Trinajstić information content (AvgIpc) is 3.58. The molecule has 12 heteroatoms. The zero-order valence-corrected chi connectivity index (χ0v) is 31.4. The maximum atomic E-state index is 12.1. The van der Waals surface area contributed by atoms with Crippen LogP contribution >= 0.6 is 23.2 Å². The van der Waals surface area contributed by atoms with Crippen LogP contribution in [0.25, 0.3) is 5.57 Å². The maximum Gasteiger partial charge on any atom is 0.320 e. The van der Waals surface area contributed by atoms with E-state index in [1.54, 1.807) is 12.3 Å². The number of hydrogen-bond donors (Lipinski definition) is 2. The van der Waals surface area contributed by atoms with Crippen molar-refractivity contribution in [1.29, 1.82) is 5.26 Å². The molecule has 2 unspecified atom stereocenters. The number of carboxylic acid groups (broad SMARTS) is 1. The second-order valence-corrected chi connectivity index (χ2v) is 15.2. The van der Waals surface area contributed by atoms with Crippen LogP contribution in [-0.2, 0) is 34.0 Å². The topological polar surface area (TPSA) is 128 Å². The Morgan fingerprint density at radius 2 is 1.91 bits per heavy atom. The summed E-state index contributed by atoms with van der Waals surface area (Å²) in [6, 6.07) is 16.8. The zero-order chi connectivity index (χ0) is 37.4. The van der Waals surface area contributed by atoms with Crippen LogP contribution < -0.4 is 4.74 Å². The van der Waals surface area contributed by atoms with Gasteiger partial charge in [-0.2, -0.15) is 5.26 Å². The number of nitriles is 1. The van der Waals surface area contributed by atoms with E-state index in [9.17, 15) is 20.3 Å². The van der Waals surface area contributed by atoms with E-state index < -0.39 is 22.7 Å². The normalized spacial score (nSPS) is 24.8. The highest BCUT2D eigenvalue weighted by atomic mass is 35.5. The van der Waals surface area contributed by atoms with Gasteiger partial charge in [0.2, 0.25) is 5.79 Å². The monoisotopic (exact) mass is 760 g/mol. The van der Waals surface area contributed by atoms with E-state index in [1.165, 1.54) is 6.20 Å². The summed E-state index contributed by atoms with van der Waals surface area (Å²) in [6.07, 6.45) is 12.4. The quantitative estimate of drug-likeness (QED) is 0.0953. The molecular formula is C41H46Cl2N4O6. The number of halogens is 2. The molecule has 0 saturated carbocycles. The third kappa shape index (κ3) is 9.30. The van der Waals surface area contributed by atoms with Gasteiger partial charge in [0, 0.05) is 60.3 Å². The predicted molar refractivity (Wildman–Crippen MR) is 203 cm³/mol. The number of allylic oxidation sites excluding steroid dienone is 2. The van der Waals surface area contributed by atoms with E-state index in [-0.39, 0.29) is 19.3 Å². The predicted octanol–water partition coefficient (Wildman–Crippen LogP) is 6.96. The van der Waals surface area contributed by atoms with Gasteiger partial charge in [-0.25, -0.2) is 0 Å². The Morgan fingerprint density at radius 1 is 1.08 bits per heavy atom. The van der Waals surface area contributed by atoms with Crippen molar-refractivity contribution in [2.75, 3.05) is 32.8 Å². The minimum absolute atomic E-state index is 0.0233. The molecule has 2 N–H and O–H groups in total. The molecule has 2 fully saturated rings. The Labute approximate surface area is 321 Å². The number of hydrogen-bond acceptors (Lipinski definition) is 9. The number of aromatic nitrogens is 1. The van der Waals surface area contributed by atoms with Gasteiger partial charge in [-0.1, -0.05) is 60.5 Å². The Kier molecular flexibility index (Phi) is 12.9. The van der Waals surface area contributed by atoms with Crippen LogP contribution in [0.1, 0.15) is 66.8 Å². The molecule has 3 aromatic rings. The first-order valence-electron chi connectivity index (χ1n) is 18.2. The summed E-state index contributed by atoms with van der Waals surface area (Å²) in [5.74, 6) is -1.71. The molecule has 280 valence electrons. The largest absolute Gasteiger partial charge is 0.489 e. The smallest absolute Gasteiger partial charge is 0.320 e. The summed E-state index contributed by atoms with van der Waals surface area (Å²) >= 11 is 14.5. The van der Waals surface area contributed by atoms with Gasteiger partial charge < -0.3 is 29.3 Å². The number of likely N-dealkylation sites (tertiary alicyclic amines) is 2. The SMILES string of the molecule is CC1(Cl)C(c2ccccc2)=CC=CC1(OCCCN1CC[C@@H](O)C1)OCc1cc(OCc2cncc(C#N)c2)c(CN2CCCC[C@H]2C(=O)O)cc1Cl. The van der Waals surface area contributed by atoms with Gasteiger partial charge in [-0.05, 0) is 74.6 Å². The van der Waals surface area contributed by atoms with E-state index in [4.69, 9.17) is 37.4 Å². The van der Waals surface area contributed by atoms with Crippen LogP contribution in [0, 0.1) is 11.3 Å². The molecule has 10 nitrogen and oxygen atoms in total. The Bertz CT molecular complexity index is 1850. The van der Waals surface area contributed by atoms with Crippen LogP contribution in [0.4, 0.5) is 0 Å². The number of aliphatic hydroxyl groups excluding tert-OH is 1. The molecule has 2 aromatic carbocycles. The molecule has 3 heterocycles. The van der Waals surface area contributed by atoms with Crippen LogP contribution in [0.5, 0.6) is 5.75 Å². The van der Waals surface area contributed by atoms with Gasteiger partial charge in [0.15, 0.2) is 0 Å². The molecule has 2 saturated heterocycles. The van der Waals surface area contributed by atoms with E-state index in [2.05, 4.69) is 16.0 Å². The van der Waals surface area contributed by atoms with Crippen molar-refractivity contribution < 1.29 is 29.2 Å². The molecule has 2 aliphatic heterocycles. The first kappa shape index (κ1) is 38.9. The molecule has 0 bridgehead atoms. The van der Waals surface area contributed by atoms with Gasteiger partial charge in [-0.3, -0.25) is 14.7 Å². The minimum atomic E-state index is -1.38. The number of piperidine rings is 1. The summed E-state index contributed by atoms with van der Waals surface area (Å²) in [4.78, 5) is 19.3. The summed E-state index contributed by atoms with van der Waals surface area (Å²) < 4.78 is 19.8. The minimum Gasteiger partial charge on any atom is -0.489 e. The summed E-state index contributed by atoms with van der Waals surface area (Å²) in [5, 5.41) is 29.8. The lowest BCUT2D eigenvalue weighted by atomic mass is 9.82. The molecule has 0 spiro atoms. The average molecular weight is 762 g/mol. The van der Waals surface area contributed by atoms with E-state index in [1.807, 2.05) is 72.5 Å². The lowest BCUT2D eigenvalue weighted by Gasteiger charge is -2.45. The van der Waals surface area contributed by atoms with Gasteiger partial charge in [0.05, 0.1) is 24.9 Å². The Balaban J connectivity index is 1.28. The summed E-state index contributed by atoms with van der Waals surface area (Å²) in [6.45, 7) is 5.67. The highest BCUT2D eigenvalue weighted by Gasteiger charge is 2.52. The van der Waals surface area contributed by atoms with Crippen molar-refractivity contribution in [2.45, 2.75) is 81.6 Å². The molecular weight excluding hydrogens is 715 g/mol. The van der Waals surface area contributed by atoms with Crippen molar-refractivity contribution in [3.63, 3.8) is 0 Å². The molecule has 1 aliphatic carbocycles. The van der Waals surface area contributed by atoms with Gasteiger partial charge in [0.1, 0.15) is 29.3 Å². The summed E-state index contributed by atoms with van der Waals surface area (Å²) in [5.41, 5.74) is 4.30. The standard InChI is InChI=1S/C41H46Cl2N4O6/c1-40(43)35(31-9-3-2-4-10-31)11-7-14-41(40,52-18-8-15-46-17-13-34(48)26-46)53-28-33-21-38(51-27-30-19-29(22-44)23-45-24-30)32(20-36(33)42)25-47-16-6-5-12-37(47)39(49)50/h2-4,7,9-11,14,19-21,23-24,34,37,48H,5-6,8,12-13,15-18,25-28H2,1H3,(H,49,50)/t34-,37+,40?,41?/m1/s1. The Hall–Kier alpha value is -3.79. The fraction of sp³-hybridized carbons (Fsp3) is 0.439. The van der Waals surface area contributed by atoms with Crippen molar-refractivity contribution in [3.8, 4) is 11.8 Å². The van der Waals surface area contributed by atoms with Crippen molar-refractivity contribution in [2.24, 2.45) is 0 Å². The number of carbonyl (C=O) groups is 1.